The summed E-state index contributed by atoms with van der Waals surface area (Å²) in [6, 6.07) is 11.9. The van der Waals surface area contributed by atoms with Gasteiger partial charge in [-0.3, -0.25) is 10.1 Å². The Labute approximate surface area is 156 Å². The van der Waals surface area contributed by atoms with E-state index in [0.29, 0.717) is 17.2 Å². The summed E-state index contributed by atoms with van der Waals surface area (Å²) in [6.45, 7) is -0.120. The predicted molar refractivity (Wildman–Crippen MR) is 95.2 cm³/mol. The molecular weight excluding hydrogens is 373 g/mol. The number of halogens is 3. The standard InChI is InChI=1S/C18H13F3N6O/c19-18(20,21)12-7-5-11(6-8-12)15-9-27(26-25-15)10-16(28)24-17-22-13-3-1-2-4-14(13)23-17/h1-9H,10H2,(H2,22,23,24,28). The van der Waals surface area contributed by atoms with Crippen LogP contribution in [0.5, 0.6) is 0 Å². The number of hydrogen-bond donors (Lipinski definition) is 2. The smallest absolute Gasteiger partial charge is 0.324 e. The maximum atomic E-state index is 12.6. The average molecular weight is 386 g/mol. The summed E-state index contributed by atoms with van der Waals surface area (Å²) in [5, 5.41) is 10.4. The Bertz CT molecular complexity index is 1100. The molecule has 10 heteroatoms. The van der Waals surface area contributed by atoms with Crippen molar-refractivity contribution in [2.45, 2.75) is 12.7 Å². The Balaban J connectivity index is 1.43. The summed E-state index contributed by atoms with van der Waals surface area (Å²) in [4.78, 5) is 19.4. The molecule has 142 valence electrons. The first kappa shape index (κ1) is 17.7. The van der Waals surface area contributed by atoms with E-state index in [2.05, 4.69) is 25.6 Å². The molecule has 2 aromatic carbocycles. The number of aromatic amines is 1. The quantitative estimate of drug-likeness (QED) is 0.562. The van der Waals surface area contributed by atoms with Gasteiger partial charge < -0.3 is 4.98 Å². The normalized spacial score (nSPS) is 11.7. The largest absolute Gasteiger partial charge is 0.416 e. The third kappa shape index (κ3) is 3.70. The van der Waals surface area contributed by atoms with E-state index < -0.39 is 11.7 Å². The minimum Gasteiger partial charge on any atom is -0.324 e. The number of nitrogens with zero attached hydrogens (tertiary/aromatic N) is 4. The number of rotatable bonds is 4. The molecule has 0 saturated heterocycles. The second-order valence-corrected chi connectivity index (χ2v) is 6.03. The molecule has 0 spiro atoms. The molecule has 0 atom stereocenters. The first-order valence-electron chi connectivity index (χ1n) is 8.21. The van der Waals surface area contributed by atoms with Gasteiger partial charge in [0.2, 0.25) is 11.9 Å². The molecule has 4 rings (SSSR count). The van der Waals surface area contributed by atoms with Crippen LogP contribution in [0.4, 0.5) is 19.1 Å². The Morgan fingerprint density at radius 1 is 1.11 bits per heavy atom. The topological polar surface area (TPSA) is 88.5 Å². The molecule has 0 fully saturated rings. The van der Waals surface area contributed by atoms with Crippen molar-refractivity contribution in [2.75, 3.05) is 5.32 Å². The van der Waals surface area contributed by atoms with Crippen LogP contribution in [0, 0.1) is 0 Å². The first-order valence-corrected chi connectivity index (χ1v) is 8.21. The van der Waals surface area contributed by atoms with Crippen molar-refractivity contribution in [3.05, 3.63) is 60.3 Å². The molecule has 4 aromatic rings. The number of hydrogen-bond acceptors (Lipinski definition) is 4. The lowest BCUT2D eigenvalue weighted by Gasteiger charge is -2.06. The van der Waals surface area contributed by atoms with E-state index in [4.69, 9.17) is 0 Å². The van der Waals surface area contributed by atoms with E-state index in [9.17, 15) is 18.0 Å². The lowest BCUT2D eigenvalue weighted by molar-refractivity contribution is -0.137. The Hall–Kier alpha value is -3.69. The molecule has 0 bridgehead atoms. The monoisotopic (exact) mass is 386 g/mol. The first-order chi connectivity index (χ1) is 13.4. The van der Waals surface area contributed by atoms with Crippen LogP contribution in [0.3, 0.4) is 0 Å². The summed E-state index contributed by atoms with van der Waals surface area (Å²) in [7, 11) is 0. The number of nitrogens with one attached hydrogen (secondary N) is 2. The lowest BCUT2D eigenvalue weighted by Crippen LogP contribution is -2.19. The summed E-state index contributed by atoms with van der Waals surface area (Å²) < 4.78 is 39.2. The Morgan fingerprint density at radius 2 is 1.86 bits per heavy atom. The van der Waals surface area contributed by atoms with E-state index in [1.54, 1.807) is 0 Å². The number of alkyl halides is 3. The van der Waals surface area contributed by atoms with Crippen LogP contribution in [0.2, 0.25) is 0 Å². The predicted octanol–water partition coefficient (Wildman–Crippen LogP) is 3.48. The highest BCUT2D eigenvalue weighted by Crippen LogP contribution is 2.30. The molecule has 2 aromatic heterocycles. The van der Waals surface area contributed by atoms with E-state index in [0.717, 1.165) is 23.2 Å². The number of aromatic nitrogens is 5. The molecule has 0 aliphatic heterocycles. The van der Waals surface area contributed by atoms with Gasteiger partial charge in [-0.15, -0.1) is 5.10 Å². The molecule has 2 heterocycles. The molecule has 28 heavy (non-hydrogen) atoms. The van der Waals surface area contributed by atoms with Crippen LogP contribution in [0.15, 0.2) is 54.7 Å². The van der Waals surface area contributed by atoms with Crippen LogP contribution < -0.4 is 5.32 Å². The van der Waals surface area contributed by atoms with Gasteiger partial charge in [0.25, 0.3) is 0 Å². The maximum absolute atomic E-state index is 12.6. The maximum Gasteiger partial charge on any atom is 0.416 e. The van der Waals surface area contributed by atoms with Crippen molar-refractivity contribution in [3.8, 4) is 11.3 Å². The highest BCUT2D eigenvalue weighted by atomic mass is 19.4. The number of fused-ring (bicyclic) bond motifs is 1. The van der Waals surface area contributed by atoms with Crippen LogP contribution in [-0.4, -0.2) is 30.9 Å². The number of benzene rings is 2. The van der Waals surface area contributed by atoms with Crippen molar-refractivity contribution >= 4 is 22.9 Å². The Morgan fingerprint density at radius 3 is 2.57 bits per heavy atom. The summed E-state index contributed by atoms with van der Waals surface area (Å²) in [5.74, 6) is -0.0581. The number of anilines is 1. The van der Waals surface area contributed by atoms with Gasteiger partial charge in [0.1, 0.15) is 12.2 Å². The van der Waals surface area contributed by atoms with Crippen LogP contribution in [-0.2, 0) is 17.5 Å². The van der Waals surface area contributed by atoms with Gasteiger partial charge in [0, 0.05) is 5.56 Å². The van der Waals surface area contributed by atoms with Gasteiger partial charge in [0.05, 0.1) is 22.8 Å². The number of amides is 1. The Kier molecular flexibility index (Phi) is 4.30. The third-order valence-electron chi connectivity index (χ3n) is 4.00. The number of carbonyl (C=O) groups is 1. The van der Waals surface area contributed by atoms with Gasteiger partial charge in [0.15, 0.2) is 0 Å². The molecule has 0 aliphatic carbocycles. The fourth-order valence-electron chi connectivity index (χ4n) is 2.67. The zero-order chi connectivity index (χ0) is 19.7. The van der Waals surface area contributed by atoms with Crippen molar-refractivity contribution in [2.24, 2.45) is 0 Å². The van der Waals surface area contributed by atoms with Crippen LogP contribution in [0.1, 0.15) is 5.56 Å². The van der Waals surface area contributed by atoms with Gasteiger partial charge in [-0.05, 0) is 24.3 Å². The number of imidazole rings is 1. The molecule has 1 amide bonds. The van der Waals surface area contributed by atoms with Gasteiger partial charge in [-0.2, -0.15) is 13.2 Å². The minimum atomic E-state index is -4.40. The fourth-order valence-corrected chi connectivity index (χ4v) is 2.67. The highest BCUT2D eigenvalue weighted by Gasteiger charge is 2.30. The highest BCUT2D eigenvalue weighted by molar-refractivity contribution is 5.90. The summed E-state index contributed by atoms with van der Waals surface area (Å²) in [5.41, 5.74) is 1.61. The SMILES string of the molecule is O=C(Cn1cc(-c2ccc(C(F)(F)F)cc2)nn1)Nc1nc2ccccc2[nH]1. The zero-order valence-electron chi connectivity index (χ0n) is 14.2. The fraction of sp³-hybridized carbons (Fsp3) is 0.111. The van der Waals surface area contributed by atoms with Crippen LogP contribution >= 0.6 is 0 Å². The number of para-hydroxylation sites is 2. The second-order valence-electron chi connectivity index (χ2n) is 6.03. The molecule has 7 nitrogen and oxygen atoms in total. The number of H-pyrrole nitrogens is 1. The molecule has 0 unspecified atom stereocenters. The number of carbonyl (C=O) groups excluding carboxylic acids is 1. The van der Waals surface area contributed by atoms with E-state index in [1.807, 2.05) is 24.3 Å². The molecular formula is C18H13F3N6O. The van der Waals surface area contributed by atoms with Gasteiger partial charge >= 0.3 is 6.18 Å². The van der Waals surface area contributed by atoms with Crippen LogP contribution in [0.25, 0.3) is 22.3 Å². The molecule has 0 saturated carbocycles. The van der Waals surface area contributed by atoms with Crippen molar-refractivity contribution in [1.82, 2.24) is 25.0 Å². The molecule has 2 N–H and O–H groups in total. The summed E-state index contributed by atoms with van der Waals surface area (Å²) >= 11 is 0. The van der Waals surface area contributed by atoms with Crippen molar-refractivity contribution in [3.63, 3.8) is 0 Å². The average Bonchev–Trinajstić information content (AvgIpc) is 3.27. The lowest BCUT2D eigenvalue weighted by atomic mass is 10.1. The van der Waals surface area contributed by atoms with Gasteiger partial charge in [-0.1, -0.05) is 29.5 Å². The molecule has 0 aliphatic rings. The zero-order valence-corrected chi connectivity index (χ0v) is 14.2. The van der Waals surface area contributed by atoms with E-state index >= 15 is 0 Å². The van der Waals surface area contributed by atoms with Gasteiger partial charge in [-0.25, -0.2) is 9.67 Å². The van der Waals surface area contributed by atoms with Crippen molar-refractivity contribution < 1.29 is 18.0 Å². The minimum absolute atomic E-state index is 0.120. The second kappa shape index (κ2) is 6.80. The third-order valence-corrected chi connectivity index (χ3v) is 4.00. The molecule has 0 radical (unpaired) electrons. The van der Waals surface area contributed by atoms with E-state index in [1.165, 1.54) is 23.0 Å². The summed E-state index contributed by atoms with van der Waals surface area (Å²) in [6.07, 6.45) is -2.91. The van der Waals surface area contributed by atoms with E-state index in [-0.39, 0.29) is 12.5 Å². The van der Waals surface area contributed by atoms with Crippen molar-refractivity contribution in [1.29, 1.82) is 0 Å².